The molecule has 1 fully saturated rings. The van der Waals surface area contributed by atoms with E-state index >= 15 is 0 Å². The molecule has 1 N–H and O–H groups in total. The minimum absolute atomic E-state index is 0.694. The van der Waals surface area contributed by atoms with Crippen LogP contribution in [0.4, 0.5) is 0 Å². The van der Waals surface area contributed by atoms with E-state index in [2.05, 4.69) is 24.4 Å². The van der Waals surface area contributed by atoms with Gasteiger partial charge in [-0.25, -0.2) is 0 Å². The Labute approximate surface area is 98.0 Å². The van der Waals surface area contributed by atoms with Gasteiger partial charge in [-0.1, -0.05) is 25.1 Å². The first-order chi connectivity index (χ1) is 7.79. The molecule has 88 valence electrons. The van der Waals surface area contributed by atoms with Crippen LogP contribution in [-0.2, 0) is 6.54 Å². The van der Waals surface area contributed by atoms with Crippen molar-refractivity contribution in [3.05, 3.63) is 29.8 Å². The molecule has 0 unspecified atom stereocenters. The molecule has 0 aliphatic heterocycles. The van der Waals surface area contributed by atoms with Crippen molar-refractivity contribution in [2.45, 2.75) is 38.8 Å². The summed E-state index contributed by atoms with van der Waals surface area (Å²) in [6, 6.07) is 8.93. The number of ether oxygens (including phenoxy) is 1. The fraction of sp³-hybridized carbons (Fsp3) is 0.571. The summed E-state index contributed by atoms with van der Waals surface area (Å²) in [5.41, 5.74) is 1.25. The van der Waals surface area contributed by atoms with Gasteiger partial charge in [-0.3, -0.25) is 0 Å². The fourth-order valence-corrected chi connectivity index (χ4v) is 2.50. The van der Waals surface area contributed by atoms with E-state index in [1.54, 1.807) is 7.11 Å². The first kappa shape index (κ1) is 11.5. The van der Waals surface area contributed by atoms with Gasteiger partial charge in [0.25, 0.3) is 0 Å². The van der Waals surface area contributed by atoms with Crippen LogP contribution >= 0.6 is 0 Å². The molecule has 1 aliphatic carbocycles. The van der Waals surface area contributed by atoms with Crippen molar-refractivity contribution in [3.8, 4) is 5.75 Å². The normalized spacial score (nSPS) is 24.6. The standard InChI is InChI=1S/C14H21NO/c1-11-7-8-13(9-11)15-10-12-5-3-4-6-14(12)16-2/h3-6,11,13,15H,7-10H2,1-2H3/t11-,13+/m0/s1. The lowest BCUT2D eigenvalue weighted by Crippen LogP contribution is -2.25. The Morgan fingerprint density at radius 3 is 2.81 bits per heavy atom. The number of nitrogens with one attached hydrogen (secondary N) is 1. The summed E-state index contributed by atoms with van der Waals surface area (Å²) in [6.45, 7) is 3.26. The minimum atomic E-state index is 0.694. The Bertz CT molecular complexity index is 337. The van der Waals surface area contributed by atoms with Crippen molar-refractivity contribution in [1.29, 1.82) is 0 Å². The second-order valence-electron chi connectivity index (χ2n) is 4.81. The maximum atomic E-state index is 5.34. The fourth-order valence-electron chi connectivity index (χ4n) is 2.50. The number of hydrogen-bond donors (Lipinski definition) is 1. The highest BCUT2D eigenvalue weighted by molar-refractivity contribution is 5.33. The maximum Gasteiger partial charge on any atom is 0.123 e. The Morgan fingerprint density at radius 1 is 1.31 bits per heavy atom. The second kappa shape index (κ2) is 5.35. The zero-order valence-electron chi connectivity index (χ0n) is 10.2. The molecular weight excluding hydrogens is 198 g/mol. The van der Waals surface area contributed by atoms with E-state index in [1.807, 2.05) is 12.1 Å². The Kier molecular flexibility index (Phi) is 3.83. The predicted molar refractivity (Wildman–Crippen MR) is 66.6 cm³/mol. The molecule has 2 heteroatoms. The molecule has 1 saturated carbocycles. The average molecular weight is 219 g/mol. The molecule has 16 heavy (non-hydrogen) atoms. The third-order valence-corrected chi connectivity index (χ3v) is 3.47. The smallest absolute Gasteiger partial charge is 0.123 e. The van der Waals surface area contributed by atoms with Crippen molar-refractivity contribution < 1.29 is 4.74 Å². The van der Waals surface area contributed by atoms with Gasteiger partial charge in [0.2, 0.25) is 0 Å². The van der Waals surface area contributed by atoms with E-state index in [0.717, 1.165) is 18.2 Å². The Morgan fingerprint density at radius 2 is 2.12 bits per heavy atom. The van der Waals surface area contributed by atoms with E-state index in [4.69, 9.17) is 4.74 Å². The highest BCUT2D eigenvalue weighted by Crippen LogP contribution is 2.25. The van der Waals surface area contributed by atoms with Crippen molar-refractivity contribution in [3.63, 3.8) is 0 Å². The molecule has 0 aromatic heterocycles. The van der Waals surface area contributed by atoms with Crippen molar-refractivity contribution >= 4 is 0 Å². The molecule has 1 aliphatic rings. The molecule has 0 spiro atoms. The largest absolute Gasteiger partial charge is 0.496 e. The molecule has 0 bridgehead atoms. The van der Waals surface area contributed by atoms with Gasteiger partial charge >= 0.3 is 0 Å². The van der Waals surface area contributed by atoms with Crippen LogP contribution in [0.3, 0.4) is 0 Å². The molecule has 0 amide bonds. The highest BCUT2D eigenvalue weighted by Gasteiger charge is 2.20. The van der Waals surface area contributed by atoms with E-state index < -0.39 is 0 Å². The first-order valence-corrected chi connectivity index (χ1v) is 6.15. The summed E-state index contributed by atoms with van der Waals surface area (Å²) >= 11 is 0. The molecule has 0 saturated heterocycles. The number of benzene rings is 1. The topological polar surface area (TPSA) is 21.3 Å². The Hall–Kier alpha value is -1.02. The summed E-state index contributed by atoms with van der Waals surface area (Å²) in [5, 5.41) is 3.62. The quantitative estimate of drug-likeness (QED) is 0.840. The number of para-hydroxylation sites is 1. The molecule has 1 aromatic rings. The summed E-state index contributed by atoms with van der Waals surface area (Å²) in [4.78, 5) is 0. The van der Waals surface area contributed by atoms with Crippen LogP contribution in [0.1, 0.15) is 31.7 Å². The first-order valence-electron chi connectivity index (χ1n) is 6.15. The van der Waals surface area contributed by atoms with Crippen molar-refractivity contribution in [2.24, 2.45) is 5.92 Å². The van der Waals surface area contributed by atoms with E-state index in [9.17, 15) is 0 Å². The lowest BCUT2D eigenvalue weighted by Gasteiger charge is -2.14. The SMILES string of the molecule is COc1ccccc1CN[C@@H]1CC[C@H](C)C1. The van der Waals surface area contributed by atoms with Crippen LogP contribution in [0.25, 0.3) is 0 Å². The molecule has 2 atom stereocenters. The monoisotopic (exact) mass is 219 g/mol. The van der Waals surface area contributed by atoms with Gasteiger partial charge in [-0.15, -0.1) is 0 Å². The van der Waals surface area contributed by atoms with Gasteiger partial charge in [0, 0.05) is 18.2 Å². The zero-order valence-corrected chi connectivity index (χ0v) is 10.2. The van der Waals surface area contributed by atoms with Crippen LogP contribution in [-0.4, -0.2) is 13.2 Å². The number of methoxy groups -OCH3 is 1. The van der Waals surface area contributed by atoms with Crippen LogP contribution in [0.5, 0.6) is 5.75 Å². The molecule has 1 aromatic carbocycles. The third-order valence-electron chi connectivity index (χ3n) is 3.47. The van der Waals surface area contributed by atoms with Crippen molar-refractivity contribution in [1.82, 2.24) is 5.32 Å². The second-order valence-corrected chi connectivity index (χ2v) is 4.81. The van der Waals surface area contributed by atoms with Gasteiger partial charge in [0.1, 0.15) is 5.75 Å². The summed E-state index contributed by atoms with van der Waals surface area (Å²) < 4.78 is 5.34. The van der Waals surface area contributed by atoms with Gasteiger partial charge in [-0.2, -0.15) is 0 Å². The summed E-state index contributed by atoms with van der Waals surface area (Å²) in [5.74, 6) is 1.87. The molecular formula is C14H21NO. The van der Waals surface area contributed by atoms with E-state index in [-0.39, 0.29) is 0 Å². The average Bonchev–Trinajstić information content (AvgIpc) is 2.73. The van der Waals surface area contributed by atoms with Crippen LogP contribution in [0.2, 0.25) is 0 Å². The number of rotatable bonds is 4. The lowest BCUT2D eigenvalue weighted by atomic mass is 10.1. The molecule has 0 heterocycles. The highest BCUT2D eigenvalue weighted by atomic mass is 16.5. The van der Waals surface area contributed by atoms with E-state index in [0.29, 0.717) is 6.04 Å². The minimum Gasteiger partial charge on any atom is -0.496 e. The lowest BCUT2D eigenvalue weighted by molar-refractivity contribution is 0.404. The van der Waals surface area contributed by atoms with Gasteiger partial charge in [0.15, 0.2) is 0 Å². The maximum absolute atomic E-state index is 5.34. The van der Waals surface area contributed by atoms with Crippen LogP contribution in [0, 0.1) is 5.92 Å². The van der Waals surface area contributed by atoms with Crippen LogP contribution < -0.4 is 10.1 Å². The van der Waals surface area contributed by atoms with Gasteiger partial charge in [-0.05, 0) is 31.2 Å². The van der Waals surface area contributed by atoms with Gasteiger partial charge in [0.05, 0.1) is 7.11 Å². The van der Waals surface area contributed by atoms with Crippen molar-refractivity contribution in [2.75, 3.05) is 7.11 Å². The zero-order chi connectivity index (χ0) is 11.4. The molecule has 2 nitrogen and oxygen atoms in total. The predicted octanol–water partition coefficient (Wildman–Crippen LogP) is 2.97. The molecule has 0 radical (unpaired) electrons. The summed E-state index contributed by atoms with van der Waals surface area (Å²) in [6.07, 6.45) is 4.00. The summed E-state index contributed by atoms with van der Waals surface area (Å²) in [7, 11) is 1.73. The number of hydrogen-bond acceptors (Lipinski definition) is 2. The van der Waals surface area contributed by atoms with Gasteiger partial charge < -0.3 is 10.1 Å². The third kappa shape index (κ3) is 2.76. The van der Waals surface area contributed by atoms with Crippen LogP contribution in [0.15, 0.2) is 24.3 Å². The Balaban J connectivity index is 1.89. The van der Waals surface area contributed by atoms with E-state index in [1.165, 1.54) is 24.8 Å². The molecule has 2 rings (SSSR count).